The van der Waals surface area contributed by atoms with Gasteiger partial charge in [0.25, 0.3) is 5.91 Å². The number of carbonyl (C=O) groups excluding carboxylic acids is 1. The van der Waals surface area contributed by atoms with E-state index in [4.69, 9.17) is 21.1 Å². The van der Waals surface area contributed by atoms with Crippen molar-refractivity contribution < 1.29 is 14.3 Å². The molecule has 0 aromatic heterocycles. The smallest absolute Gasteiger partial charge is 0.254 e. The third-order valence-electron chi connectivity index (χ3n) is 3.75. The SMILES string of the molecule is CCN(CC)C(=O)c1cc(Cl)c(OCc2ccccc2)c(OC)c1. The van der Waals surface area contributed by atoms with Gasteiger partial charge >= 0.3 is 0 Å². The lowest BCUT2D eigenvalue weighted by Crippen LogP contribution is -2.30. The second-order valence-corrected chi connectivity index (χ2v) is 5.65. The Morgan fingerprint density at radius 2 is 1.79 bits per heavy atom. The first-order valence-corrected chi connectivity index (χ1v) is 8.32. The summed E-state index contributed by atoms with van der Waals surface area (Å²) in [4.78, 5) is 14.2. The van der Waals surface area contributed by atoms with E-state index in [1.54, 1.807) is 17.0 Å². The number of hydrogen-bond acceptors (Lipinski definition) is 3. The van der Waals surface area contributed by atoms with E-state index in [0.29, 0.717) is 41.8 Å². The van der Waals surface area contributed by atoms with Crippen LogP contribution in [0, 0.1) is 0 Å². The van der Waals surface area contributed by atoms with Crippen molar-refractivity contribution in [3.05, 3.63) is 58.6 Å². The Bertz CT molecular complexity index is 685. The molecule has 2 aromatic carbocycles. The molecule has 0 unspecified atom stereocenters. The van der Waals surface area contributed by atoms with Gasteiger partial charge < -0.3 is 14.4 Å². The Morgan fingerprint density at radius 1 is 1.12 bits per heavy atom. The molecule has 4 nitrogen and oxygen atoms in total. The van der Waals surface area contributed by atoms with Gasteiger partial charge in [0.1, 0.15) is 6.61 Å². The normalized spacial score (nSPS) is 10.3. The van der Waals surface area contributed by atoms with Crippen molar-refractivity contribution in [1.82, 2.24) is 4.90 Å². The molecule has 0 spiro atoms. The maximum atomic E-state index is 12.5. The van der Waals surface area contributed by atoms with Crippen molar-refractivity contribution in [2.45, 2.75) is 20.5 Å². The van der Waals surface area contributed by atoms with Crippen LogP contribution in [0.1, 0.15) is 29.8 Å². The molecule has 0 fully saturated rings. The van der Waals surface area contributed by atoms with Crippen molar-refractivity contribution in [2.75, 3.05) is 20.2 Å². The first kappa shape index (κ1) is 18.1. The van der Waals surface area contributed by atoms with Crippen molar-refractivity contribution in [3.63, 3.8) is 0 Å². The largest absolute Gasteiger partial charge is 0.493 e. The summed E-state index contributed by atoms with van der Waals surface area (Å²) in [6.07, 6.45) is 0. The van der Waals surface area contributed by atoms with Crippen LogP contribution in [0.2, 0.25) is 5.02 Å². The molecule has 0 aliphatic heterocycles. The van der Waals surface area contributed by atoms with E-state index in [1.165, 1.54) is 7.11 Å². The average molecular weight is 348 g/mol. The Kier molecular flexibility index (Phi) is 6.50. The van der Waals surface area contributed by atoms with Gasteiger partial charge in [-0.25, -0.2) is 0 Å². The van der Waals surface area contributed by atoms with E-state index in [0.717, 1.165) is 5.56 Å². The van der Waals surface area contributed by atoms with Gasteiger partial charge in [-0.1, -0.05) is 41.9 Å². The van der Waals surface area contributed by atoms with Crippen LogP contribution in [0.3, 0.4) is 0 Å². The monoisotopic (exact) mass is 347 g/mol. The molecule has 2 rings (SSSR count). The molecule has 0 saturated heterocycles. The topological polar surface area (TPSA) is 38.8 Å². The van der Waals surface area contributed by atoms with E-state index >= 15 is 0 Å². The lowest BCUT2D eigenvalue weighted by atomic mass is 10.1. The van der Waals surface area contributed by atoms with Crippen LogP contribution in [0.15, 0.2) is 42.5 Å². The first-order valence-electron chi connectivity index (χ1n) is 7.94. The van der Waals surface area contributed by atoms with Gasteiger partial charge in [-0.05, 0) is 31.5 Å². The van der Waals surface area contributed by atoms with E-state index in [2.05, 4.69) is 0 Å². The molecule has 0 N–H and O–H groups in total. The minimum atomic E-state index is -0.0743. The van der Waals surface area contributed by atoms with Crippen LogP contribution in [-0.2, 0) is 6.61 Å². The Labute approximate surface area is 147 Å². The lowest BCUT2D eigenvalue weighted by molar-refractivity contribution is 0.0772. The second-order valence-electron chi connectivity index (χ2n) is 5.24. The maximum absolute atomic E-state index is 12.5. The number of benzene rings is 2. The highest BCUT2D eigenvalue weighted by atomic mass is 35.5. The number of amides is 1. The van der Waals surface area contributed by atoms with Gasteiger partial charge in [0, 0.05) is 18.7 Å². The zero-order valence-corrected chi connectivity index (χ0v) is 15.0. The molecule has 0 saturated carbocycles. The van der Waals surface area contributed by atoms with Crippen molar-refractivity contribution in [1.29, 1.82) is 0 Å². The Morgan fingerprint density at radius 3 is 2.38 bits per heavy atom. The van der Waals surface area contributed by atoms with Gasteiger partial charge in [-0.3, -0.25) is 4.79 Å². The predicted octanol–water partition coefficient (Wildman–Crippen LogP) is 4.41. The van der Waals surface area contributed by atoms with Gasteiger partial charge in [0.05, 0.1) is 12.1 Å². The summed E-state index contributed by atoms with van der Waals surface area (Å²) >= 11 is 6.34. The standard InChI is InChI=1S/C19H22ClNO3/c1-4-21(5-2)19(22)15-11-16(20)18(17(12-15)23-3)24-13-14-9-7-6-8-10-14/h6-12H,4-5,13H2,1-3H3. The number of hydrogen-bond donors (Lipinski definition) is 0. The zero-order chi connectivity index (χ0) is 17.5. The summed E-state index contributed by atoms with van der Waals surface area (Å²) in [6, 6.07) is 13.1. The first-order chi connectivity index (χ1) is 11.6. The van der Waals surface area contributed by atoms with Crippen LogP contribution in [0.5, 0.6) is 11.5 Å². The summed E-state index contributed by atoms with van der Waals surface area (Å²) in [5.41, 5.74) is 1.52. The molecule has 0 bridgehead atoms. The van der Waals surface area contributed by atoms with E-state index in [-0.39, 0.29) is 5.91 Å². The Balaban J connectivity index is 2.25. The van der Waals surface area contributed by atoms with Gasteiger partial charge in [-0.15, -0.1) is 0 Å². The number of halogens is 1. The maximum Gasteiger partial charge on any atom is 0.254 e. The summed E-state index contributed by atoms with van der Waals surface area (Å²) in [5.74, 6) is 0.822. The number of nitrogens with zero attached hydrogens (tertiary/aromatic N) is 1. The highest BCUT2D eigenvalue weighted by Gasteiger charge is 2.19. The van der Waals surface area contributed by atoms with Crippen LogP contribution in [-0.4, -0.2) is 31.0 Å². The van der Waals surface area contributed by atoms with Crippen LogP contribution in [0.25, 0.3) is 0 Å². The second kappa shape index (κ2) is 8.60. The molecular weight excluding hydrogens is 326 g/mol. The molecule has 1 amide bonds. The highest BCUT2D eigenvalue weighted by Crippen LogP contribution is 2.37. The molecule has 0 aliphatic carbocycles. The molecular formula is C19H22ClNO3. The molecule has 24 heavy (non-hydrogen) atoms. The van der Waals surface area contributed by atoms with Crippen LogP contribution in [0.4, 0.5) is 0 Å². The summed E-state index contributed by atoms with van der Waals surface area (Å²) in [7, 11) is 1.53. The quantitative estimate of drug-likeness (QED) is 0.744. The predicted molar refractivity (Wildman–Crippen MR) is 96.0 cm³/mol. The van der Waals surface area contributed by atoms with Crippen LogP contribution >= 0.6 is 11.6 Å². The minimum Gasteiger partial charge on any atom is -0.493 e. The van der Waals surface area contributed by atoms with E-state index in [1.807, 2.05) is 44.2 Å². The summed E-state index contributed by atoms with van der Waals surface area (Å²) in [5, 5.41) is 0.362. The van der Waals surface area contributed by atoms with Crippen LogP contribution < -0.4 is 9.47 Å². The van der Waals surface area contributed by atoms with Gasteiger partial charge in [-0.2, -0.15) is 0 Å². The molecule has 2 aromatic rings. The van der Waals surface area contributed by atoms with Crippen molar-refractivity contribution >= 4 is 17.5 Å². The fourth-order valence-corrected chi connectivity index (χ4v) is 2.67. The highest BCUT2D eigenvalue weighted by molar-refractivity contribution is 6.32. The zero-order valence-electron chi connectivity index (χ0n) is 14.2. The van der Waals surface area contributed by atoms with Gasteiger partial charge in [0.2, 0.25) is 0 Å². The number of rotatable bonds is 7. The number of ether oxygens (including phenoxy) is 2. The fourth-order valence-electron chi connectivity index (χ4n) is 2.41. The van der Waals surface area contributed by atoms with E-state index < -0.39 is 0 Å². The van der Waals surface area contributed by atoms with Crippen molar-refractivity contribution in [2.24, 2.45) is 0 Å². The molecule has 128 valence electrons. The molecule has 0 heterocycles. The van der Waals surface area contributed by atoms with Gasteiger partial charge in [0.15, 0.2) is 11.5 Å². The lowest BCUT2D eigenvalue weighted by Gasteiger charge is -2.20. The fraction of sp³-hybridized carbons (Fsp3) is 0.316. The third kappa shape index (κ3) is 4.20. The molecule has 0 atom stereocenters. The van der Waals surface area contributed by atoms with E-state index in [9.17, 15) is 4.79 Å². The summed E-state index contributed by atoms with van der Waals surface area (Å²) in [6.45, 7) is 5.54. The number of methoxy groups -OCH3 is 1. The molecule has 0 aliphatic rings. The number of carbonyl (C=O) groups is 1. The molecule has 5 heteroatoms. The Hall–Kier alpha value is -2.20. The minimum absolute atomic E-state index is 0.0743. The molecule has 0 radical (unpaired) electrons. The third-order valence-corrected chi connectivity index (χ3v) is 4.03. The summed E-state index contributed by atoms with van der Waals surface area (Å²) < 4.78 is 11.2. The average Bonchev–Trinajstić information content (AvgIpc) is 2.61. The van der Waals surface area contributed by atoms with Crippen molar-refractivity contribution in [3.8, 4) is 11.5 Å².